The maximum absolute atomic E-state index is 14.1. The lowest BCUT2D eigenvalue weighted by atomic mass is 10.0. The normalized spacial score (nSPS) is 12.7. The minimum absolute atomic E-state index is 0.130. The van der Waals surface area contributed by atoms with E-state index < -0.39 is 6.17 Å². The van der Waals surface area contributed by atoms with Crippen molar-refractivity contribution in [2.24, 2.45) is 0 Å². The Morgan fingerprint density at radius 1 is 1.23 bits per heavy atom. The van der Waals surface area contributed by atoms with Crippen molar-refractivity contribution in [3.05, 3.63) is 47.0 Å². The second-order valence-corrected chi connectivity index (χ2v) is 5.53. The van der Waals surface area contributed by atoms with Crippen molar-refractivity contribution in [3.63, 3.8) is 0 Å². The van der Waals surface area contributed by atoms with Gasteiger partial charge in [-0.05, 0) is 30.7 Å². The molecule has 0 saturated carbocycles. The van der Waals surface area contributed by atoms with Crippen LogP contribution in [0.4, 0.5) is 4.39 Å². The highest BCUT2D eigenvalue weighted by Crippen LogP contribution is 2.34. The quantitative estimate of drug-likeness (QED) is 0.765. The van der Waals surface area contributed by atoms with Gasteiger partial charge in [-0.1, -0.05) is 37.1 Å². The summed E-state index contributed by atoms with van der Waals surface area (Å²) in [5.41, 5.74) is 1.88. The molecule has 1 unspecified atom stereocenters. The standard InChI is InChI=1S/C16H15ClFN3O/c1-2-4-12(18)11-5-3-6-15(16(11)22)21-19-13-8-7-10(17)9-14(13)20-21/h3,5-9,12,22H,2,4H2,1H3. The molecular formula is C16H15ClFN3O. The molecule has 0 spiro atoms. The number of benzene rings is 2. The molecule has 0 saturated heterocycles. The van der Waals surface area contributed by atoms with Gasteiger partial charge in [0.25, 0.3) is 0 Å². The summed E-state index contributed by atoms with van der Waals surface area (Å²) in [6.45, 7) is 1.90. The molecular weight excluding hydrogens is 305 g/mol. The lowest BCUT2D eigenvalue weighted by Crippen LogP contribution is -2.02. The van der Waals surface area contributed by atoms with E-state index in [0.29, 0.717) is 34.6 Å². The molecule has 2 aromatic carbocycles. The Morgan fingerprint density at radius 3 is 2.77 bits per heavy atom. The van der Waals surface area contributed by atoms with Crippen molar-refractivity contribution in [2.45, 2.75) is 25.9 Å². The Kier molecular flexibility index (Phi) is 3.98. The molecule has 114 valence electrons. The first-order chi connectivity index (χ1) is 10.6. The van der Waals surface area contributed by atoms with Gasteiger partial charge in [-0.25, -0.2) is 4.39 Å². The fourth-order valence-electron chi connectivity index (χ4n) is 2.37. The molecule has 0 aliphatic rings. The van der Waals surface area contributed by atoms with Crippen LogP contribution in [-0.4, -0.2) is 20.1 Å². The van der Waals surface area contributed by atoms with E-state index in [1.807, 2.05) is 6.92 Å². The maximum Gasteiger partial charge on any atom is 0.149 e. The summed E-state index contributed by atoms with van der Waals surface area (Å²) in [6.07, 6.45) is -0.140. The molecule has 0 radical (unpaired) electrons. The number of phenols is 1. The summed E-state index contributed by atoms with van der Waals surface area (Å²) in [7, 11) is 0. The first-order valence-electron chi connectivity index (χ1n) is 7.09. The monoisotopic (exact) mass is 319 g/mol. The van der Waals surface area contributed by atoms with Gasteiger partial charge in [0.1, 0.15) is 28.6 Å². The zero-order chi connectivity index (χ0) is 15.7. The smallest absolute Gasteiger partial charge is 0.149 e. The van der Waals surface area contributed by atoms with Crippen LogP contribution >= 0.6 is 11.6 Å². The van der Waals surface area contributed by atoms with Crippen LogP contribution in [-0.2, 0) is 0 Å². The first kappa shape index (κ1) is 14.8. The fraction of sp³-hybridized carbons (Fsp3) is 0.250. The Hall–Kier alpha value is -2.14. The highest BCUT2D eigenvalue weighted by atomic mass is 35.5. The number of phenolic OH excluding ortho intramolecular Hbond substituents is 1. The summed E-state index contributed by atoms with van der Waals surface area (Å²) >= 11 is 5.93. The molecule has 1 N–H and O–H groups in total. The van der Waals surface area contributed by atoms with Gasteiger partial charge in [0.15, 0.2) is 0 Å². The molecule has 1 heterocycles. The third kappa shape index (κ3) is 2.64. The Morgan fingerprint density at radius 2 is 2.00 bits per heavy atom. The molecule has 0 aliphatic carbocycles. The third-order valence-corrected chi connectivity index (χ3v) is 3.72. The van der Waals surface area contributed by atoms with Crippen molar-refractivity contribution in [3.8, 4) is 11.4 Å². The number of hydrogen-bond donors (Lipinski definition) is 1. The Labute approximate surface area is 132 Å². The number of para-hydroxylation sites is 1. The zero-order valence-electron chi connectivity index (χ0n) is 12.0. The summed E-state index contributed by atoms with van der Waals surface area (Å²) < 4.78 is 14.1. The molecule has 6 heteroatoms. The predicted molar refractivity (Wildman–Crippen MR) is 84.3 cm³/mol. The summed E-state index contributed by atoms with van der Waals surface area (Å²) in [6, 6.07) is 10.1. The average Bonchev–Trinajstić information content (AvgIpc) is 2.90. The topological polar surface area (TPSA) is 50.9 Å². The third-order valence-electron chi connectivity index (χ3n) is 3.48. The molecule has 0 bridgehead atoms. The fourth-order valence-corrected chi connectivity index (χ4v) is 2.53. The lowest BCUT2D eigenvalue weighted by molar-refractivity contribution is 0.309. The largest absolute Gasteiger partial charge is 0.505 e. The van der Waals surface area contributed by atoms with Crippen LogP contribution in [0, 0.1) is 0 Å². The van der Waals surface area contributed by atoms with Crippen LogP contribution < -0.4 is 0 Å². The van der Waals surface area contributed by atoms with Crippen molar-refractivity contribution in [1.82, 2.24) is 15.0 Å². The van der Waals surface area contributed by atoms with E-state index in [2.05, 4.69) is 10.2 Å². The number of nitrogens with zero attached hydrogens (tertiary/aromatic N) is 3. The molecule has 3 aromatic rings. The molecule has 3 rings (SSSR count). The van der Waals surface area contributed by atoms with E-state index >= 15 is 0 Å². The van der Waals surface area contributed by atoms with Crippen molar-refractivity contribution in [1.29, 1.82) is 0 Å². The molecule has 0 amide bonds. The minimum atomic E-state index is -1.20. The summed E-state index contributed by atoms with van der Waals surface area (Å²) in [5.74, 6) is -0.130. The van der Waals surface area contributed by atoms with Gasteiger partial charge >= 0.3 is 0 Å². The number of alkyl halides is 1. The number of fused-ring (bicyclic) bond motifs is 1. The van der Waals surface area contributed by atoms with Gasteiger partial charge in [0.2, 0.25) is 0 Å². The second kappa shape index (κ2) is 5.93. The van der Waals surface area contributed by atoms with Gasteiger partial charge in [-0.3, -0.25) is 0 Å². The highest BCUT2D eigenvalue weighted by molar-refractivity contribution is 6.31. The van der Waals surface area contributed by atoms with Crippen LogP contribution in [0.1, 0.15) is 31.5 Å². The molecule has 1 aromatic heterocycles. The van der Waals surface area contributed by atoms with Crippen molar-refractivity contribution in [2.75, 3.05) is 0 Å². The van der Waals surface area contributed by atoms with Crippen LogP contribution in [0.5, 0.6) is 5.75 Å². The Balaban J connectivity index is 2.08. The van der Waals surface area contributed by atoms with E-state index in [-0.39, 0.29) is 11.3 Å². The number of halogens is 2. The van der Waals surface area contributed by atoms with E-state index in [0.717, 1.165) is 0 Å². The van der Waals surface area contributed by atoms with Gasteiger partial charge in [-0.2, -0.15) is 0 Å². The summed E-state index contributed by atoms with van der Waals surface area (Å²) in [4.78, 5) is 1.30. The molecule has 0 fully saturated rings. The Bertz CT molecular complexity index is 818. The number of aromatic hydroxyl groups is 1. The highest BCUT2D eigenvalue weighted by Gasteiger charge is 2.18. The molecule has 0 aliphatic heterocycles. The van der Waals surface area contributed by atoms with E-state index in [4.69, 9.17) is 11.6 Å². The van der Waals surface area contributed by atoms with Gasteiger partial charge in [0.05, 0.1) is 0 Å². The average molecular weight is 320 g/mol. The van der Waals surface area contributed by atoms with Crippen LogP contribution in [0.3, 0.4) is 0 Å². The molecule has 22 heavy (non-hydrogen) atoms. The van der Waals surface area contributed by atoms with Gasteiger partial charge in [-0.15, -0.1) is 15.0 Å². The first-order valence-corrected chi connectivity index (χ1v) is 7.47. The van der Waals surface area contributed by atoms with Crippen LogP contribution in [0.15, 0.2) is 36.4 Å². The number of aromatic nitrogens is 3. The molecule has 1 atom stereocenters. The number of rotatable bonds is 4. The van der Waals surface area contributed by atoms with E-state index in [9.17, 15) is 9.50 Å². The van der Waals surface area contributed by atoms with E-state index in [1.165, 1.54) is 4.80 Å². The maximum atomic E-state index is 14.1. The lowest BCUT2D eigenvalue weighted by Gasteiger charge is -2.12. The van der Waals surface area contributed by atoms with Gasteiger partial charge in [0, 0.05) is 10.6 Å². The molecule has 4 nitrogen and oxygen atoms in total. The van der Waals surface area contributed by atoms with Gasteiger partial charge < -0.3 is 5.11 Å². The second-order valence-electron chi connectivity index (χ2n) is 5.09. The minimum Gasteiger partial charge on any atom is -0.505 e. The SMILES string of the molecule is CCCC(F)c1cccc(-n2nc3ccc(Cl)cc3n2)c1O. The van der Waals surface area contributed by atoms with Crippen molar-refractivity contribution < 1.29 is 9.50 Å². The number of hydrogen-bond acceptors (Lipinski definition) is 3. The predicted octanol–water partition coefficient (Wildman–Crippen LogP) is 4.59. The summed E-state index contributed by atoms with van der Waals surface area (Å²) in [5, 5.41) is 19.5. The zero-order valence-corrected chi connectivity index (χ0v) is 12.8. The van der Waals surface area contributed by atoms with E-state index in [1.54, 1.807) is 36.4 Å². The van der Waals surface area contributed by atoms with Crippen molar-refractivity contribution >= 4 is 22.6 Å². The van der Waals surface area contributed by atoms with Crippen LogP contribution in [0.2, 0.25) is 5.02 Å². The van der Waals surface area contributed by atoms with Crippen LogP contribution in [0.25, 0.3) is 16.7 Å².